The molecule has 0 aliphatic carbocycles. The second-order valence-corrected chi connectivity index (χ2v) is 4.86. The predicted octanol–water partition coefficient (Wildman–Crippen LogP) is 1.13. The van der Waals surface area contributed by atoms with Gasteiger partial charge in [-0.3, -0.25) is 10.1 Å². The van der Waals surface area contributed by atoms with E-state index in [1.54, 1.807) is 29.1 Å². The third kappa shape index (κ3) is 4.16. The fraction of sp³-hybridized carbons (Fsp3) is 0.250. The van der Waals surface area contributed by atoms with E-state index in [1.807, 2.05) is 7.05 Å². The zero-order valence-electron chi connectivity index (χ0n) is 10.8. The van der Waals surface area contributed by atoms with Crippen molar-refractivity contribution in [3.05, 3.63) is 36.5 Å². The molecule has 2 N–H and O–H groups in total. The Morgan fingerprint density at radius 2 is 2.35 bits per heavy atom. The summed E-state index contributed by atoms with van der Waals surface area (Å²) >= 11 is 1.26. The van der Waals surface area contributed by atoms with Crippen LogP contribution in [0.25, 0.3) is 0 Å². The highest BCUT2D eigenvalue weighted by Gasteiger charge is 2.10. The molecule has 0 fully saturated rings. The van der Waals surface area contributed by atoms with Gasteiger partial charge in [-0.15, -0.1) is 0 Å². The Labute approximate surface area is 119 Å². The van der Waals surface area contributed by atoms with Gasteiger partial charge in [-0.05, 0) is 12.1 Å². The summed E-state index contributed by atoms with van der Waals surface area (Å²) < 4.78 is 6.86. The fourth-order valence-electron chi connectivity index (χ4n) is 1.41. The number of amides is 3. The Morgan fingerprint density at radius 3 is 3.00 bits per heavy atom. The van der Waals surface area contributed by atoms with Crippen LogP contribution in [0.2, 0.25) is 0 Å². The monoisotopic (exact) mass is 294 g/mol. The third-order valence-electron chi connectivity index (χ3n) is 2.37. The summed E-state index contributed by atoms with van der Waals surface area (Å²) in [5.41, 5.74) is 0. The van der Waals surface area contributed by atoms with Gasteiger partial charge in [0, 0.05) is 19.4 Å². The van der Waals surface area contributed by atoms with Crippen LogP contribution in [0.3, 0.4) is 0 Å². The summed E-state index contributed by atoms with van der Waals surface area (Å²) in [7, 11) is 1.84. The van der Waals surface area contributed by atoms with E-state index in [4.69, 9.17) is 4.42 Å². The number of aryl methyl sites for hydroxylation is 1. The lowest BCUT2D eigenvalue weighted by Gasteiger charge is -2.05. The molecule has 0 aliphatic heterocycles. The van der Waals surface area contributed by atoms with Crippen molar-refractivity contribution in [1.82, 2.24) is 20.2 Å². The Morgan fingerprint density at radius 1 is 1.50 bits per heavy atom. The minimum atomic E-state index is -0.549. The maximum Gasteiger partial charge on any atom is 0.321 e. The minimum Gasteiger partial charge on any atom is -0.467 e. The largest absolute Gasteiger partial charge is 0.467 e. The highest BCUT2D eigenvalue weighted by atomic mass is 32.2. The van der Waals surface area contributed by atoms with Crippen LogP contribution in [0.1, 0.15) is 5.76 Å². The van der Waals surface area contributed by atoms with E-state index >= 15 is 0 Å². The molecule has 3 amide bonds. The van der Waals surface area contributed by atoms with Crippen LogP contribution in [0.15, 0.2) is 40.4 Å². The lowest BCUT2D eigenvalue weighted by atomic mass is 10.4. The maximum atomic E-state index is 11.6. The molecule has 8 heteroatoms. The number of rotatable bonds is 5. The predicted molar refractivity (Wildman–Crippen MR) is 73.0 cm³/mol. The van der Waals surface area contributed by atoms with Crippen molar-refractivity contribution in [3.63, 3.8) is 0 Å². The average molecular weight is 294 g/mol. The van der Waals surface area contributed by atoms with Gasteiger partial charge in [0.15, 0.2) is 5.16 Å². The molecule has 0 saturated heterocycles. The van der Waals surface area contributed by atoms with Gasteiger partial charge in [-0.2, -0.15) is 0 Å². The number of thioether (sulfide) groups is 1. The third-order valence-corrected chi connectivity index (χ3v) is 3.42. The molecule has 0 aliphatic rings. The Hall–Kier alpha value is -2.22. The molecule has 7 nitrogen and oxygen atoms in total. The van der Waals surface area contributed by atoms with Crippen molar-refractivity contribution in [3.8, 4) is 0 Å². The van der Waals surface area contributed by atoms with Crippen LogP contribution in [-0.4, -0.2) is 27.2 Å². The molecule has 0 atom stereocenters. The Bertz CT molecular complexity index is 579. The Kier molecular flexibility index (Phi) is 4.83. The molecular formula is C12H14N4O3S. The zero-order valence-corrected chi connectivity index (χ0v) is 11.6. The molecule has 2 aromatic heterocycles. The Balaban J connectivity index is 1.68. The molecule has 20 heavy (non-hydrogen) atoms. The van der Waals surface area contributed by atoms with E-state index < -0.39 is 6.03 Å². The first-order valence-corrected chi connectivity index (χ1v) is 6.84. The number of urea groups is 1. The standard InChI is InChI=1S/C12H14N4O3S/c1-16-5-4-13-12(16)20-8-10(17)15-11(18)14-7-9-3-2-6-19-9/h2-6H,7-8H2,1H3,(H2,14,15,17,18). The van der Waals surface area contributed by atoms with E-state index in [0.29, 0.717) is 5.76 Å². The number of imidazole rings is 1. The molecule has 2 rings (SSSR count). The van der Waals surface area contributed by atoms with Gasteiger partial charge in [0.05, 0.1) is 18.6 Å². The highest BCUT2D eigenvalue weighted by molar-refractivity contribution is 7.99. The highest BCUT2D eigenvalue weighted by Crippen LogP contribution is 2.13. The minimum absolute atomic E-state index is 0.124. The molecule has 0 bridgehead atoms. The number of hydrogen-bond donors (Lipinski definition) is 2. The SMILES string of the molecule is Cn1ccnc1SCC(=O)NC(=O)NCc1ccco1. The molecule has 106 valence electrons. The van der Waals surface area contributed by atoms with Crippen LogP contribution in [0.4, 0.5) is 4.79 Å². The zero-order chi connectivity index (χ0) is 14.4. The normalized spacial score (nSPS) is 10.2. The maximum absolute atomic E-state index is 11.6. The van der Waals surface area contributed by atoms with Gasteiger partial charge in [0.2, 0.25) is 5.91 Å². The topological polar surface area (TPSA) is 89.2 Å². The van der Waals surface area contributed by atoms with E-state index in [0.717, 1.165) is 5.16 Å². The second-order valence-electron chi connectivity index (χ2n) is 3.92. The van der Waals surface area contributed by atoms with Crippen LogP contribution < -0.4 is 10.6 Å². The summed E-state index contributed by atoms with van der Waals surface area (Å²) in [6, 6.07) is 2.91. The van der Waals surface area contributed by atoms with E-state index in [2.05, 4.69) is 15.6 Å². The quantitative estimate of drug-likeness (QED) is 0.807. The average Bonchev–Trinajstić information content (AvgIpc) is 3.05. The summed E-state index contributed by atoms with van der Waals surface area (Å²) in [6.07, 6.45) is 4.95. The van der Waals surface area contributed by atoms with Gasteiger partial charge in [-0.25, -0.2) is 9.78 Å². The lowest BCUT2D eigenvalue weighted by Crippen LogP contribution is -2.39. The molecule has 0 saturated carbocycles. The van der Waals surface area contributed by atoms with Crippen molar-refractivity contribution in [2.24, 2.45) is 7.05 Å². The van der Waals surface area contributed by atoms with Crippen LogP contribution in [0, 0.1) is 0 Å². The first-order chi connectivity index (χ1) is 9.65. The lowest BCUT2D eigenvalue weighted by molar-refractivity contribution is -0.117. The van der Waals surface area contributed by atoms with Crippen molar-refractivity contribution in [2.45, 2.75) is 11.7 Å². The van der Waals surface area contributed by atoms with E-state index in [-0.39, 0.29) is 18.2 Å². The summed E-state index contributed by atoms with van der Waals surface area (Å²) in [4.78, 5) is 27.1. The second kappa shape index (κ2) is 6.80. The molecule has 0 radical (unpaired) electrons. The van der Waals surface area contributed by atoms with E-state index in [9.17, 15) is 9.59 Å². The van der Waals surface area contributed by atoms with Gasteiger partial charge >= 0.3 is 6.03 Å². The number of carbonyl (C=O) groups is 2. The van der Waals surface area contributed by atoms with Crippen LogP contribution >= 0.6 is 11.8 Å². The van der Waals surface area contributed by atoms with Crippen molar-refractivity contribution >= 4 is 23.7 Å². The number of aromatic nitrogens is 2. The summed E-state index contributed by atoms with van der Waals surface area (Å²) in [5, 5.41) is 5.48. The van der Waals surface area contributed by atoms with Crippen LogP contribution in [0.5, 0.6) is 0 Å². The van der Waals surface area contributed by atoms with Gasteiger partial charge in [0.25, 0.3) is 0 Å². The van der Waals surface area contributed by atoms with E-state index in [1.165, 1.54) is 18.0 Å². The number of imide groups is 1. The first kappa shape index (κ1) is 14.2. The molecule has 0 spiro atoms. The summed E-state index contributed by atoms with van der Waals surface area (Å²) in [6.45, 7) is 0.235. The molecule has 0 unspecified atom stereocenters. The van der Waals surface area contributed by atoms with Crippen molar-refractivity contribution in [2.75, 3.05) is 5.75 Å². The van der Waals surface area contributed by atoms with Gasteiger partial charge < -0.3 is 14.3 Å². The molecular weight excluding hydrogens is 280 g/mol. The van der Waals surface area contributed by atoms with Crippen molar-refractivity contribution < 1.29 is 14.0 Å². The first-order valence-electron chi connectivity index (χ1n) is 5.85. The van der Waals surface area contributed by atoms with Gasteiger partial charge in [0.1, 0.15) is 5.76 Å². The molecule has 0 aromatic carbocycles. The number of carbonyl (C=O) groups excluding carboxylic acids is 2. The number of nitrogens with zero attached hydrogens (tertiary/aromatic N) is 2. The number of nitrogens with one attached hydrogen (secondary N) is 2. The molecule has 2 heterocycles. The number of hydrogen-bond acceptors (Lipinski definition) is 5. The van der Waals surface area contributed by atoms with Crippen molar-refractivity contribution in [1.29, 1.82) is 0 Å². The summed E-state index contributed by atoms with van der Waals surface area (Å²) in [5.74, 6) is 0.365. The molecule has 2 aromatic rings. The smallest absolute Gasteiger partial charge is 0.321 e. The fourth-order valence-corrected chi connectivity index (χ4v) is 2.14. The van der Waals surface area contributed by atoms with Crippen LogP contribution in [-0.2, 0) is 18.4 Å². The number of furan rings is 1. The van der Waals surface area contributed by atoms with Gasteiger partial charge in [-0.1, -0.05) is 11.8 Å².